The van der Waals surface area contributed by atoms with Crippen molar-refractivity contribution in [1.29, 1.82) is 0 Å². The maximum atomic E-state index is 12.5. The SMILES string of the molecule is CC(CC(=O)NCC(c1ccccc1Cl)N1CCOCC1)c1ccccc1. The molecule has 0 spiro atoms. The summed E-state index contributed by atoms with van der Waals surface area (Å²) in [7, 11) is 0. The first-order valence-corrected chi connectivity index (χ1v) is 9.91. The first kappa shape index (κ1) is 19.9. The summed E-state index contributed by atoms with van der Waals surface area (Å²) in [5.74, 6) is 0.255. The van der Waals surface area contributed by atoms with Crippen molar-refractivity contribution >= 4 is 17.5 Å². The smallest absolute Gasteiger partial charge is 0.220 e. The van der Waals surface area contributed by atoms with E-state index >= 15 is 0 Å². The van der Waals surface area contributed by atoms with E-state index in [0.29, 0.717) is 26.2 Å². The average molecular weight is 387 g/mol. The molecule has 3 rings (SSSR count). The van der Waals surface area contributed by atoms with E-state index in [0.717, 1.165) is 23.7 Å². The number of nitrogens with one attached hydrogen (secondary N) is 1. The Kier molecular flexibility index (Phi) is 7.27. The van der Waals surface area contributed by atoms with Crippen molar-refractivity contribution in [3.05, 3.63) is 70.7 Å². The summed E-state index contributed by atoms with van der Waals surface area (Å²) in [6, 6.07) is 18.1. The van der Waals surface area contributed by atoms with Crippen molar-refractivity contribution in [1.82, 2.24) is 10.2 Å². The van der Waals surface area contributed by atoms with Crippen molar-refractivity contribution in [3.8, 4) is 0 Å². The fourth-order valence-corrected chi connectivity index (χ4v) is 3.79. The topological polar surface area (TPSA) is 41.6 Å². The number of ether oxygens (including phenoxy) is 1. The summed E-state index contributed by atoms with van der Waals surface area (Å²) >= 11 is 6.45. The number of amides is 1. The molecule has 1 amide bonds. The number of halogens is 1. The molecule has 1 aliphatic heterocycles. The van der Waals surface area contributed by atoms with Gasteiger partial charge in [0.05, 0.1) is 19.3 Å². The van der Waals surface area contributed by atoms with Crippen molar-refractivity contribution in [2.45, 2.75) is 25.3 Å². The van der Waals surface area contributed by atoms with Gasteiger partial charge in [0.1, 0.15) is 0 Å². The highest BCUT2D eigenvalue weighted by molar-refractivity contribution is 6.31. The zero-order chi connectivity index (χ0) is 19.1. The molecule has 1 N–H and O–H groups in total. The summed E-state index contributed by atoms with van der Waals surface area (Å²) in [6.45, 7) is 5.73. The van der Waals surface area contributed by atoms with E-state index in [2.05, 4.69) is 29.3 Å². The van der Waals surface area contributed by atoms with Crippen LogP contribution in [0, 0.1) is 0 Å². The number of morpholine rings is 1. The van der Waals surface area contributed by atoms with Gasteiger partial charge >= 0.3 is 0 Å². The van der Waals surface area contributed by atoms with E-state index in [9.17, 15) is 4.79 Å². The van der Waals surface area contributed by atoms with Crippen LogP contribution < -0.4 is 5.32 Å². The molecule has 27 heavy (non-hydrogen) atoms. The van der Waals surface area contributed by atoms with Crippen LogP contribution in [0.3, 0.4) is 0 Å². The Labute approximate surface area is 166 Å². The number of rotatable bonds is 7. The number of benzene rings is 2. The Morgan fingerprint density at radius 1 is 1.11 bits per heavy atom. The van der Waals surface area contributed by atoms with E-state index in [1.54, 1.807) is 0 Å². The number of hydrogen-bond donors (Lipinski definition) is 1. The lowest BCUT2D eigenvalue weighted by Crippen LogP contribution is -2.44. The monoisotopic (exact) mass is 386 g/mol. The molecule has 0 aliphatic carbocycles. The van der Waals surface area contributed by atoms with Crippen molar-refractivity contribution in [2.75, 3.05) is 32.8 Å². The van der Waals surface area contributed by atoms with Crippen LogP contribution in [-0.4, -0.2) is 43.7 Å². The minimum Gasteiger partial charge on any atom is -0.379 e. The Morgan fingerprint density at radius 2 is 1.78 bits per heavy atom. The number of nitrogens with zero attached hydrogens (tertiary/aromatic N) is 1. The van der Waals surface area contributed by atoms with Crippen LogP contribution >= 0.6 is 11.6 Å². The molecule has 0 radical (unpaired) electrons. The second-order valence-corrected chi connectivity index (χ2v) is 7.41. The molecule has 144 valence electrons. The van der Waals surface area contributed by atoms with Gasteiger partial charge in [0, 0.05) is 31.1 Å². The minimum absolute atomic E-state index is 0.0542. The van der Waals surface area contributed by atoms with Crippen LogP contribution in [-0.2, 0) is 9.53 Å². The largest absolute Gasteiger partial charge is 0.379 e. The van der Waals surface area contributed by atoms with Crippen LogP contribution in [0.15, 0.2) is 54.6 Å². The highest BCUT2D eigenvalue weighted by Crippen LogP contribution is 2.28. The Bertz CT molecular complexity index is 732. The molecule has 0 bridgehead atoms. The van der Waals surface area contributed by atoms with Gasteiger partial charge in [-0.1, -0.05) is 67.1 Å². The highest BCUT2D eigenvalue weighted by Gasteiger charge is 2.25. The maximum absolute atomic E-state index is 12.5. The summed E-state index contributed by atoms with van der Waals surface area (Å²) in [6.07, 6.45) is 0.475. The Morgan fingerprint density at radius 3 is 2.48 bits per heavy atom. The summed E-state index contributed by atoms with van der Waals surface area (Å²) in [5.41, 5.74) is 2.24. The van der Waals surface area contributed by atoms with Gasteiger partial charge in [0.15, 0.2) is 0 Å². The number of hydrogen-bond acceptors (Lipinski definition) is 3. The molecule has 5 heteroatoms. The molecule has 1 heterocycles. The summed E-state index contributed by atoms with van der Waals surface area (Å²) in [5, 5.41) is 3.86. The lowest BCUT2D eigenvalue weighted by atomic mass is 9.97. The molecule has 1 aliphatic rings. The molecule has 2 aromatic rings. The molecule has 2 unspecified atom stereocenters. The van der Waals surface area contributed by atoms with E-state index in [1.165, 1.54) is 5.56 Å². The predicted octanol–water partition coefficient (Wildman–Crippen LogP) is 4.02. The van der Waals surface area contributed by atoms with Crippen LogP contribution in [0.2, 0.25) is 5.02 Å². The van der Waals surface area contributed by atoms with E-state index in [-0.39, 0.29) is 17.9 Å². The standard InChI is InChI=1S/C22H27ClN2O2/c1-17(18-7-3-2-4-8-18)15-22(26)24-16-21(25-11-13-27-14-12-25)19-9-5-6-10-20(19)23/h2-10,17,21H,11-16H2,1H3,(H,24,26). The average Bonchev–Trinajstić information content (AvgIpc) is 2.71. The van der Waals surface area contributed by atoms with Crippen LogP contribution in [0.4, 0.5) is 0 Å². The predicted molar refractivity (Wildman–Crippen MR) is 109 cm³/mol. The molecule has 0 saturated carbocycles. The zero-order valence-electron chi connectivity index (χ0n) is 15.7. The molecule has 1 fully saturated rings. The van der Waals surface area contributed by atoms with Crippen LogP contribution in [0.5, 0.6) is 0 Å². The van der Waals surface area contributed by atoms with Crippen molar-refractivity contribution in [2.24, 2.45) is 0 Å². The molecule has 0 aromatic heterocycles. The minimum atomic E-state index is 0.0542. The van der Waals surface area contributed by atoms with Gasteiger partial charge in [0.25, 0.3) is 0 Å². The third kappa shape index (κ3) is 5.55. The van der Waals surface area contributed by atoms with Crippen molar-refractivity contribution < 1.29 is 9.53 Å². The molecule has 2 atom stereocenters. The first-order valence-electron chi connectivity index (χ1n) is 9.53. The normalized spacial score (nSPS) is 17.3. The van der Waals surface area contributed by atoms with Crippen molar-refractivity contribution in [3.63, 3.8) is 0 Å². The zero-order valence-corrected chi connectivity index (χ0v) is 16.5. The van der Waals surface area contributed by atoms with Crippen LogP contribution in [0.1, 0.15) is 36.4 Å². The van der Waals surface area contributed by atoms with E-state index in [4.69, 9.17) is 16.3 Å². The van der Waals surface area contributed by atoms with Gasteiger partial charge in [-0.3, -0.25) is 9.69 Å². The Balaban J connectivity index is 1.63. The molecule has 2 aromatic carbocycles. The quantitative estimate of drug-likeness (QED) is 0.781. The molecular formula is C22H27ClN2O2. The van der Waals surface area contributed by atoms with Gasteiger partial charge in [-0.05, 0) is 23.1 Å². The molecular weight excluding hydrogens is 360 g/mol. The summed E-state index contributed by atoms with van der Waals surface area (Å²) < 4.78 is 5.48. The first-order chi connectivity index (χ1) is 13.1. The number of carbonyl (C=O) groups excluding carboxylic acids is 1. The second kappa shape index (κ2) is 9.88. The third-order valence-electron chi connectivity index (χ3n) is 5.10. The molecule has 4 nitrogen and oxygen atoms in total. The van der Waals surface area contributed by atoms with Crippen LogP contribution in [0.25, 0.3) is 0 Å². The van der Waals surface area contributed by atoms with Gasteiger partial charge in [-0.15, -0.1) is 0 Å². The summed E-state index contributed by atoms with van der Waals surface area (Å²) in [4.78, 5) is 14.9. The molecule has 1 saturated heterocycles. The lowest BCUT2D eigenvalue weighted by Gasteiger charge is -2.35. The third-order valence-corrected chi connectivity index (χ3v) is 5.45. The van der Waals surface area contributed by atoms with E-state index < -0.39 is 0 Å². The lowest BCUT2D eigenvalue weighted by molar-refractivity contribution is -0.121. The Hall–Kier alpha value is -1.88. The van der Waals surface area contributed by atoms with Gasteiger partial charge < -0.3 is 10.1 Å². The van der Waals surface area contributed by atoms with Gasteiger partial charge in [-0.2, -0.15) is 0 Å². The van der Waals surface area contributed by atoms with Gasteiger partial charge in [-0.25, -0.2) is 0 Å². The fourth-order valence-electron chi connectivity index (χ4n) is 3.53. The maximum Gasteiger partial charge on any atom is 0.220 e. The highest BCUT2D eigenvalue weighted by atomic mass is 35.5. The fraction of sp³-hybridized carbons (Fsp3) is 0.409. The number of carbonyl (C=O) groups is 1. The van der Waals surface area contributed by atoms with Gasteiger partial charge in [0.2, 0.25) is 5.91 Å². The second-order valence-electron chi connectivity index (χ2n) is 7.01. The van der Waals surface area contributed by atoms with E-state index in [1.807, 2.05) is 42.5 Å².